The SMILES string of the molecule is CNC1CCN(C(C)C)C(c2ccc(F)cc2)C1. The van der Waals surface area contributed by atoms with Crippen LogP contribution in [0.4, 0.5) is 4.39 Å². The molecule has 1 N–H and O–H groups in total. The molecule has 0 bridgehead atoms. The fourth-order valence-corrected chi connectivity index (χ4v) is 2.88. The second kappa shape index (κ2) is 5.81. The molecule has 0 aromatic heterocycles. The van der Waals surface area contributed by atoms with Gasteiger partial charge in [-0.3, -0.25) is 4.90 Å². The van der Waals surface area contributed by atoms with Gasteiger partial charge in [0.1, 0.15) is 5.82 Å². The summed E-state index contributed by atoms with van der Waals surface area (Å²) in [6.45, 7) is 5.57. The van der Waals surface area contributed by atoms with Gasteiger partial charge in [0.25, 0.3) is 0 Å². The molecule has 0 spiro atoms. The average Bonchev–Trinajstić information content (AvgIpc) is 2.38. The molecule has 0 aliphatic carbocycles. The van der Waals surface area contributed by atoms with E-state index in [1.165, 1.54) is 12.0 Å². The molecular weight excluding hydrogens is 227 g/mol. The largest absolute Gasteiger partial charge is 0.317 e. The minimum atomic E-state index is -0.157. The summed E-state index contributed by atoms with van der Waals surface area (Å²) in [4.78, 5) is 2.51. The van der Waals surface area contributed by atoms with Crippen molar-refractivity contribution in [1.29, 1.82) is 0 Å². The maximum atomic E-state index is 13.0. The Kier molecular flexibility index (Phi) is 4.36. The Hall–Kier alpha value is -0.930. The standard InChI is InChI=1S/C15H23FN2/c1-11(2)18-9-8-14(17-3)10-15(18)12-4-6-13(16)7-5-12/h4-7,11,14-15,17H,8-10H2,1-3H3. The van der Waals surface area contributed by atoms with Gasteiger partial charge in [0.15, 0.2) is 0 Å². The Bertz CT molecular complexity index is 375. The molecule has 1 fully saturated rings. The highest BCUT2D eigenvalue weighted by Gasteiger charge is 2.30. The number of benzene rings is 1. The first kappa shape index (κ1) is 13.5. The van der Waals surface area contributed by atoms with E-state index in [-0.39, 0.29) is 5.82 Å². The van der Waals surface area contributed by atoms with E-state index in [0.717, 1.165) is 13.0 Å². The van der Waals surface area contributed by atoms with Crippen LogP contribution in [0.5, 0.6) is 0 Å². The molecule has 2 unspecified atom stereocenters. The quantitative estimate of drug-likeness (QED) is 0.887. The van der Waals surface area contributed by atoms with Crippen LogP contribution in [0.3, 0.4) is 0 Å². The zero-order chi connectivity index (χ0) is 13.1. The van der Waals surface area contributed by atoms with Crippen LogP contribution >= 0.6 is 0 Å². The zero-order valence-electron chi connectivity index (χ0n) is 11.5. The highest BCUT2D eigenvalue weighted by atomic mass is 19.1. The zero-order valence-corrected chi connectivity index (χ0v) is 11.5. The highest BCUT2D eigenvalue weighted by Crippen LogP contribution is 2.32. The van der Waals surface area contributed by atoms with Gasteiger partial charge in [-0.15, -0.1) is 0 Å². The molecule has 1 aromatic rings. The number of rotatable bonds is 3. The number of nitrogens with zero attached hydrogens (tertiary/aromatic N) is 1. The molecule has 1 aliphatic heterocycles. The van der Waals surface area contributed by atoms with Crippen molar-refractivity contribution in [2.45, 2.75) is 44.8 Å². The Labute approximate surface area is 109 Å². The Balaban J connectivity index is 2.21. The number of likely N-dealkylation sites (tertiary alicyclic amines) is 1. The summed E-state index contributed by atoms with van der Waals surface area (Å²) >= 11 is 0. The van der Waals surface area contributed by atoms with Gasteiger partial charge in [0, 0.05) is 24.7 Å². The van der Waals surface area contributed by atoms with Gasteiger partial charge >= 0.3 is 0 Å². The molecule has 0 radical (unpaired) electrons. The summed E-state index contributed by atoms with van der Waals surface area (Å²) in [5.74, 6) is -0.157. The predicted octanol–water partition coefficient (Wildman–Crippen LogP) is 2.96. The van der Waals surface area contributed by atoms with Crippen molar-refractivity contribution in [2.75, 3.05) is 13.6 Å². The van der Waals surface area contributed by atoms with Gasteiger partial charge in [-0.25, -0.2) is 4.39 Å². The van der Waals surface area contributed by atoms with Crippen LogP contribution in [0.1, 0.15) is 38.3 Å². The normalized spacial score (nSPS) is 25.6. The average molecular weight is 250 g/mol. The third-order valence-corrected chi connectivity index (χ3v) is 3.97. The van der Waals surface area contributed by atoms with Crippen molar-refractivity contribution < 1.29 is 4.39 Å². The van der Waals surface area contributed by atoms with Crippen LogP contribution < -0.4 is 5.32 Å². The smallest absolute Gasteiger partial charge is 0.123 e. The maximum absolute atomic E-state index is 13.0. The van der Waals surface area contributed by atoms with E-state index < -0.39 is 0 Å². The van der Waals surface area contributed by atoms with E-state index in [1.807, 2.05) is 19.2 Å². The van der Waals surface area contributed by atoms with Crippen molar-refractivity contribution in [2.24, 2.45) is 0 Å². The van der Waals surface area contributed by atoms with Gasteiger partial charge in [-0.1, -0.05) is 12.1 Å². The molecule has 2 rings (SSSR count). The van der Waals surface area contributed by atoms with Crippen molar-refractivity contribution >= 4 is 0 Å². The molecule has 1 aliphatic rings. The second-order valence-electron chi connectivity index (χ2n) is 5.41. The first-order valence-corrected chi connectivity index (χ1v) is 6.80. The molecule has 2 atom stereocenters. The fraction of sp³-hybridized carbons (Fsp3) is 0.600. The van der Waals surface area contributed by atoms with Gasteiger partial charge in [0.05, 0.1) is 0 Å². The maximum Gasteiger partial charge on any atom is 0.123 e. The molecule has 0 saturated carbocycles. The van der Waals surface area contributed by atoms with Gasteiger partial charge < -0.3 is 5.32 Å². The topological polar surface area (TPSA) is 15.3 Å². The van der Waals surface area contributed by atoms with Crippen LogP contribution in [0, 0.1) is 5.82 Å². The minimum Gasteiger partial charge on any atom is -0.317 e. The van der Waals surface area contributed by atoms with Crippen LogP contribution in [0.25, 0.3) is 0 Å². The van der Waals surface area contributed by atoms with Crippen LogP contribution in [-0.2, 0) is 0 Å². The van der Waals surface area contributed by atoms with E-state index in [4.69, 9.17) is 0 Å². The van der Waals surface area contributed by atoms with E-state index in [0.29, 0.717) is 18.1 Å². The molecule has 1 aromatic carbocycles. The number of nitrogens with one attached hydrogen (secondary N) is 1. The molecule has 2 nitrogen and oxygen atoms in total. The number of hydrogen-bond acceptors (Lipinski definition) is 2. The minimum absolute atomic E-state index is 0.157. The van der Waals surface area contributed by atoms with Crippen LogP contribution in [0.2, 0.25) is 0 Å². The van der Waals surface area contributed by atoms with E-state index >= 15 is 0 Å². The lowest BCUT2D eigenvalue weighted by molar-refractivity contribution is 0.0945. The lowest BCUT2D eigenvalue weighted by atomic mass is 9.91. The van der Waals surface area contributed by atoms with E-state index in [1.54, 1.807) is 12.1 Å². The number of hydrogen-bond donors (Lipinski definition) is 1. The molecule has 100 valence electrons. The Morgan fingerprint density at radius 3 is 2.50 bits per heavy atom. The summed E-state index contributed by atoms with van der Waals surface area (Å²) < 4.78 is 13.0. The van der Waals surface area contributed by atoms with Crippen LogP contribution in [0.15, 0.2) is 24.3 Å². The molecular formula is C15H23FN2. The summed E-state index contributed by atoms with van der Waals surface area (Å²) in [7, 11) is 2.03. The summed E-state index contributed by atoms with van der Waals surface area (Å²) in [6.07, 6.45) is 2.28. The van der Waals surface area contributed by atoms with Gasteiger partial charge in [-0.05, 0) is 51.4 Å². The van der Waals surface area contributed by atoms with E-state index in [9.17, 15) is 4.39 Å². The molecule has 1 saturated heterocycles. The Morgan fingerprint density at radius 2 is 1.94 bits per heavy atom. The van der Waals surface area contributed by atoms with Crippen molar-refractivity contribution in [3.8, 4) is 0 Å². The summed E-state index contributed by atoms with van der Waals surface area (Å²) in [6, 6.07) is 8.47. The monoisotopic (exact) mass is 250 g/mol. The molecule has 1 heterocycles. The molecule has 0 amide bonds. The van der Waals surface area contributed by atoms with Crippen molar-refractivity contribution in [3.63, 3.8) is 0 Å². The lowest BCUT2D eigenvalue weighted by Gasteiger charge is -2.42. The molecule has 3 heteroatoms. The van der Waals surface area contributed by atoms with E-state index in [2.05, 4.69) is 24.1 Å². The first-order valence-electron chi connectivity index (χ1n) is 6.80. The summed E-state index contributed by atoms with van der Waals surface area (Å²) in [5.41, 5.74) is 1.23. The summed E-state index contributed by atoms with van der Waals surface area (Å²) in [5, 5.41) is 3.37. The predicted molar refractivity (Wildman–Crippen MR) is 73.1 cm³/mol. The highest BCUT2D eigenvalue weighted by molar-refractivity contribution is 5.21. The number of piperidine rings is 1. The lowest BCUT2D eigenvalue weighted by Crippen LogP contribution is -2.46. The Morgan fingerprint density at radius 1 is 1.28 bits per heavy atom. The molecule has 18 heavy (non-hydrogen) atoms. The number of halogens is 1. The van der Waals surface area contributed by atoms with Gasteiger partial charge in [0.2, 0.25) is 0 Å². The fourth-order valence-electron chi connectivity index (χ4n) is 2.88. The van der Waals surface area contributed by atoms with Crippen LogP contribution in [-0.4, -0.2) is 30.6 Å². The van der Waals surface area contributed by atoms with Gasteiger partial charge in [-0.2, -0.15) is 0 Å². The van der Waals surface area contributed by atoms with Crippen molar-refractivity contribution in [1.82, 2.24) is 10.2 Å². The third kappa shape index (κ3) is 2.90. The van der Waals surface area contributed by atoms with Crippen molar-refractivity contribution in [3.05, 3.63) is 35.6 Å². The third-order valence-electron chi connectivity index (χ3n) is 3.97. The first-order chi connectivity index (χ1) is 8.61. The second-order valence-corrected chi connectivity index (χ2v) is 5.41.